The van der Waals surface area contributed by atoms with Crippen LogP contribution >= 0.6 is 24.0 Å². The minimum atomic E-state index is -0.0630. The van der Waals surface area contributed by atoms with E-state index in [1.807, 2.05) is 31.2 Å². The summed E-state index contributed by atoms with van der Waals surface area (Å²) in [5.74, 6) is 1.61. The van der Waals surface area contributed by atoms with E-state index in [1.165, 1.54) is 18.1 Å². The number of benzene rings is 2. The van der Waals surface area contributed by atoms with Gasteiger partial charge in [0.1, 0.15) is 5.75 Å². The fraction of sp³-hybridized carbons (Fsp3) is 0.391. The van der Waals surface area contributed by atoms with E-state index in [-0.39, 0.29) is 29.9 Å². The monoisotopic (exact) mass is 524 g/mol. The number of carbonyl (C=O) groups is 1. The van der Waals surface area contributed by atoms with Gasteiger partial charge in [0.25, 0.3) is 0 Å². The number of halogens is 1. The maximum Gasteiger partial charge on any atom is 0.221 e. The van der Waals surface area contributed by atoms with Gasteiger partial charge < -0.3 is 20.7 Å². The standard InChI is InChI=1S/C23H32N4O2.HI/c1-5-24-23(26-16-20-10-7-17(3)15-22(20)29-6-2)25-14-13-19-8-11-21(12-9-19)27-18(4)28;/h7-12,15H,5-6,13-14,16H2,1-4H3,(H,27,28)(H2,24,25,26);1H. The lowest BCUT2D eigenvalue weighted by molar-refractivity contribution is -0.114. The Morgan fingerprint density at radius 3 is 2.43 bits per heavy atom. The van der Waals surface area contributed by atoms with Crippen molar-refractivity contribution in [3.05, 3.63) is 59.2 Å². The fourth-order valence-electron chi connectivity index (χ4n) is 2.87. The molecule has 0 aliphatic heterocycles. The van der Waals surface area contributed by atoms with E-state index in [2.05, 4.69) is 48.0 Å². The second-order valence-corrected chi connectivity index (χ2v) is 6.79. The minimum Gasteiger partial charge on any atom is -0.494 e. The average molecular weight is 524 g/mol. The number of nitrogens with one attached hydrogen (secondary N) is 3. The molecule has 0 fully saturated rings. The van der Waals surface area contributed by atoms with Crippen LogP contribution in [-0.4, -0.2) is 31.6 Å². The Morgan fingerprint density at radius 2 is 1.80 bits per heavy atom. The summed E-state index contributed by atoms with van der Waals surface area (Å²) in [6, 6.07) is 14.1. The van der Waals surface area contributed by atoms with Crippen molar-refractivity contribution in [1.29, 1.82) is 0 Å². The smallest absolute Gasteiger partial charge is 0.221 e. The molecular weight excluding hydrogens is 491 g/mol. The average Bonchev–Trinajstić information content (AvgIpc) is 2.68. The summed E-state index contributed by atoms with van der Waals surface area (Å²) in [6.07, 6.45) is 0.861. The minimum absolute atomic E-state index is 0. The lowest BCUT2D eigenvalue weighted by atomic mass is 10.1. The number of anilines is 1. The van der Waals surface area contributed by atoms with Crippen molar-refractivity contribution in [2.45, 2.75) is 40.7 Å². The van der Waals surface area contributed by atoms with Gasteiger partial charge in [-0.3, -0.25) is 4.79 Å². The van der Waals surface area contributed by atoms with E-state index in [9.17, 15) is 4.79 Å². The summed E-state index contributed by atoms with van der Waals surface area (Å²) >= 11 is 0. The molecule has 0 aromatic heterocycles. The van der Waals surface area contributed by atoms with Gasteiger partial charge in [-0.2, -0.15) is 0 Å². The molecule has 3 N–H and O–H groups in total. The fourth-order valence-corrected chi connectivity index (χ4v) is 2.87. The number of carbonyl (C=O) groups excluding carboxylic acids is 1. The molecular formula is C23H33IN4O2. The Bertz CT molecular complexity index is 822. The maximum absolute atomic E-state index is 11.1. The van der Waals surface area contributed by atoms with Gasteiger partial charge in [-0.1, -0.05) is 24.3 Å². The summed E-state index contributed by atoms with van der Waals surface area (Å²) in [7, 11) is 0. The molecule has 0 saturated heterocycles. The number of nitrogens with zero attached hydrogens (tertiary/aromatic N) is 1. The normalized spacial score (nSPS) is 10.7. The zero-order chi connectivity index (χ0) is 21.1. The maximum atomic E-state index is 11.1. The van der Waals surface area contributed by atoms with Crippen molar-refractivity contribution in [2.75, 3.05) is 25.0 Å². The van der Waals surface area contributed by atoms with Crippen LogP contribution in [0.4, 0.5) is 5.69 Å². The van der Waals surface area contributed by atoms with Crippen LogP contribution in [-0.2, 0) is 17.8 Å². The highest BCUT2D eigenvalue weighted by Crippen LogP contribution is 2.21. The summed E-state index contributed by atoms with van der Waals surface area (Å²) in [5.41, 5.74) is 4.26. The third-order valence-electron chi connectivity index (χ3n) is 4.25. The van der Waals surface area contributed by atoms with Crippen molar-refractivity contribution in [3.63, 3.8) is 0 Å². The Morgan fingerprint density at radius 1 is 1.07 bits per heavy atom. The van der Waals surface area contributed by atoms with Crippen LogP contribution in [0.1, 0.15) is 37.5 Å². The number of hydrogen-bond donors (Lipinski definition) is 3. The van der Waals surface area contributed by atoms with Crippen LogP contribution in [0.25, 0.3) is 0 Å². The molecule has 2 rings (SSSR count). The largest absolute Gasteiger partial charge is 0.494 e. The molecule has 0 spiro atoms. The molecule has 1 amide bonds. The molecule has 30 heavy (non-hydrogen) atoms. The highest BCUT2D eigenvalue weighted by atomic mass is 127. The molecule has 0 aliphatic rings. The third-order valence-corrected chi connectivity index (χ3v) is 4.25. The van der Waals surface area contributed by atoms with Crippen LogP contribution in [0.2, 0.25) is 0 Å². The number of amides is 1. The second-order valence-electron chi connectivity index (χ2n) is 6.79. The third kappa shape index (κ3) is 9.02. The first-order chi connectivity index (χ1) is 14.0. The molecule has 6 nitrogen and oxygen atoms in total. The first-order valence-electron chi connectivity index (χ1n) is 10.1. The molecule has 7 heteroatoms. The van der Waals surface area contributed by atoms with Gasteiger partial charge in [-0.05, 0) is 56.5 Å². The van der Waals surface area contributed by atoms with Gasteiger partial charge in [0.2, 0.25) is 5.91 Å². The number of guanidine groups is 1. The van der Waals surface area contributed by atoms with Gasteiger partial charge in [-0.25, -0.2) is 4.99 Å². The van der Waals surface area contributed by atoms with Gasteiger partial charge in [-0.15, -0.1) is 24.0 Å². The number of rotatable bonds is 9. The van der Waals surface area contributed by atoms with Crippen molar-refractivity contribution in [3.8, 4) is 5.75 Å². The lowest BCUT2D eigenvalue weighted by Gasteiger charge is -2.13. The molecule has 0 aliphatic carbocycles. The van der Waals surface area contributed by atoms with Gasteiger partial charge in [0.15, 0.2) is 5.96 Å². The Balaban J connectivity index is 0.00000450. The van der Waals surface area contributed by atoms with Crippen LogP contribution in [0.3, 0.4) is 0 Å². The zero-order valence-electron chi connectivity index (χ0n) is 18.2. The van der Waals surface area contributed by atoms with Crippen LogP contribution in [0, 0.1) is 6.92 Å². The molecule has 0 unspecified atom stereocenters. The van der Waals surface area contributed by atoms with Gasteiger partial charge >= 0.3 is 0 Å². The van der Waals surface area contributed by atoms with E-state index < -0.39 is 0 Å². The Labute approximate surface area is 196 Å². The number of hydrogen-bond acceptors (Lipinski definition) is 3. The SMILES string of the molecule is CCNC(=NCc1ccc(C)cc1OCC)NCCc1ccc(NC(C)=O)cc1.I. The topological polar surface area (TPSA) is 74.8 Å². The van der Waals surface area contributed by atoms with E-state index >= 15 is 0 Å². The van der Waals surface area contributed by atoms with Crippen molar-refractivity contribution in [1.82, 2.24) is 10.6 Å². The van der Waals surface area contributed by atoms with E-state index in [1.54, 1.807) is 0 Å². The molecule has 0 atom stereocenters. The van der Waals surface area contributed by atoms with Crippen molar-refractivity contribution in [2.24, 2.45) is 4.99 Å². The molecule has 0 bridgehead atoms. The summed E-state index contributed by atoms with van der Waals surface area (Å²) in [5, 5.41) is 9.44. The highest BCUT2D eigenvalue weighted by Gasteiger charge is 2.05. The molecule has 164 valence electrons. The number of aliphatic imine (C=N–C) groups is 1. The summed E-state index contributed by atoms with van der Waals surface area (Å²) < 4.78 is 5.75. The predicted octanol–water partition coefficient (Wildman–Crippen LogP) is 4.27. The van der Waals surface area contributed by atoms with Gasteiger partial charge in [0.05, 0.1) is 13.2 Å². The first kappa shape index (κ1) is 25.7. The Kier molecular flexibility index (Phi) is 11.9. The highest BCUT2D eigenvalue weighted by molar-refractivity contribution is 14.0. The molecule has 2 aromatic carbocycles. The quantitative estimate of drug-likeness (QED) is 0.260. The van der Waals surface area contributed by atoms with E-state index in [0.29, 0.717) is 13.2 Å². The molecule has 0 radical (unpaired) electrons. The lowest BCUT2D eigenvalue weighted by Crippen LogP contribution is -2.38. The zero-order valence-corrected chi connectivity index (χ0v) is 20.6. The van der Waals surface area contributed by atoms with Crippen LogP contribution in [0.15, 0.2) is 47.5 Å². The van der Waals surface area contributed by atoms with Crippen molar-refractivity contribution >= 4 is 41.5 Å². The molecule has 2 aromatic rings. The van der Waals surface area contributed by atoms with Crippen molar-refractivity contribution < 1.29 is 9.53 Å². The summed E-state index contributed by atoms with van der Waals surface area (Å²) in [4.78, 5) is 15.8. The Hall–Kier alpha value is -2.29. The number of aryl methyl sites for hydroxylation is 1. The second kappa shape index (κ2) is 13.8. The molecule has 0 saturated carbocycles. The predicted molar refractivity (Wildman–Crippen MR) is 135 cm³/mol. The first-order valence-corrected chi connectivity index (χ1v) is 10.1. The number of ether oxygens (including phenoxy) is 1. The van der Waals surface area contributed by atoms with Gasteiger partial charge in [0, 0.05) is 31.3 Å². The van der Waals surface area contributed by atoms with Crippen LogP contribution < -0.4 is 20.7 Å². The van der Waals surface area contributed by atoms with Crippen LogP contribution in [0.5, 0.6) is 5.75 Å². The molecule has 0 heterocycles. The van der Waals surface area contributed by atoms with E-state index in [4.69, 9.17) is 9.73 Å². The van der Waals surface area contributed by atoms with E-state index in [0.717, 1.165) is 42.5 Å². The summed E-state index contributed by atoms with van der Waals surface area (Å²) in [6.45, 7) is 10.4.